The van der Waals surface area contributed by atoms with E-state index in [4.69, 9.17) is 9.47 Å². The van der Waals surface area contributed by atoms with Gasteiger partial charge in [0, 0.05) is 32.6 Å². The SMILES string of the molecule is CC(C)(C)OC(=O)CN1CCN(C(=O)COc2cccc3c2C(=O)N(C2CCC(=O)NC2=O)C3=O)CC1. The molecular formula is C25H30N4O8. The zero-order valence-electron chi connectivity index (χ0n) is 21.1. The number of hydrogen-bond donors (Lipinski definition) is 1. The fourth-order valence-electron chi connectivity index (χ4n) is 4.55. The van der Waals surface area contributed by atoms with Crippen LogP contribution in [0.3, 0.4) is 0 Å². The number of fused-ring (bicyclic) bond motifs is 1. The standard InChI is InChI=1S/C25H30N4O8/c1-25(2,3)37-20(32)13-27-9-11-28(12-10-27)19(31)14-36-17-6-4-5-15-21(17)24(35)29(23(15)34)16-7-8-18(30)26-22(16)33/h4-6,16H,7-14H2,1-3H3,(H,26,30,33). The lowest BCUT2D eigenvalue weighted by molar-refractivity contribution is -0.156. The van der Waals surface area contributed by atoms with Crippen molar-refractivity contribution in [3.63, 3.8) is 0 Å². The minimum Gasteiger partial charge on any atom is -0.483 e. The normalized spacial score (nSPS) is 20.6. The van der Waals surface area contributed by atoms with Crippen molar-refractivity contribution in [3.05, 3.63) is 29.3 Å². The van der Waals surface area contributed by atoms with Crippen LogP contribution in [0.4, 0.5) is 0 Å². The van der Waals surface area contributed by atoms with Gasteiger partial charge in [-0.15, -0.1) is 0 Å². The molecule has 3 aliphatic rings. The first-order valence-corrected chi connectivity index (χ1v) is 12.1. The topological polar surface area (TPSA) is 143 Å². The summed E-state index contributed by atoms with van der Waals surface area (Å²) in [5, 5.41) is 2.15. The molecule has 1 atom stereocenters. The average molecular weight is 515 g/mol. The van der Waals surface area contributed by atoms with Gasteiger partial charge in [-0.05, 0) is 39.3 Å². The van der Waals surface area contributed by atoms with Crippen LogP contribution in [0.25, 0.3) is 0 Å². The van der Waals surface area contributed by atoms with Gasteiger partial charge in [-0.3, -0.25) is 43.9 Å². The summed E-state index contributed by atoms with van der Waals surface area (Å²) in [5.41, 5.74) is -0.489. The van der Waals surface area contributed by atoms with Crippen LogP contribution in [-0.2, 0) is 23.9 Å². The van der Waals surface area contributed by atoms with E-state index in [2.05, 4.69) is 5.32 Å². The number of ether oxygens (including phenoxy) is 2. The Morgan fingerprint density at radius 2 is 1.73 bits per heavy atom. The molecule has 198 valence electrons. The second-order valence-electron chi connectivity index (χ2n) is 10.2. The second kappa shape index (κ2) is 10.3. The molecule has 3 heterocycles. The van der Waals surface area contributed by atoms with E-state index >= 15 is 0 Å². The van der Waals surface area contributed by atoms with Crippen molar-refractivity contribution in [2.24, 2.45) is 0 Å². The maximum absolute atomic E-state index is 13.1. The average Bonchev–Trinajstić information content (AvgIpc) is 3.07. The van der Waals surface area contributed by atoms with Gasteiger partial charge in [0.2, 0.25) is 11.8 Å². The van der Waals surface area contributed by atoms with Crippen molar-refractivity contribution >= 4 is 35.5 Å². The number of imide groups is 2. The van der Waals surface area contributed by atoms with Crippen molar-refractivity contribution in [1.29, 1.82) is 0 Å². The molecule has 37 heavy (non-hydrogen) atoms. The van der Waals surface area contributed by atoms with Gasteiger partial charge in [-0.1, -0.05) is 6.07 Å². The lowest BCUT2D eigenvalue weighted by Crippen LogP contribution is -2.54. The Balaban J connectivity index is 1.34. The molecule has 0 radical (unpaired) electrons. The van der Waals surface area contributed by atoms with E-state index in [1.165, 1.54) is 18.2 Å². The number of carbonyl (C=O) groups is 6. The van der Waals surface area contributed by atoms with Crippen LogP contribution in [0.5, 0.6) is 5.75 Å². The molecule has 0 saturated carbocycles. The van der Waals surface area contributed by atoms with Crippen molar-refractivity contribution in [1.82, 2.24) is 20.0 Å². The van der Waals surface area contributed by atoms with Crippen molar-refractivity contribution in [3.8, 4) is 5.75 Å². The smallest absolute Gasteiger partial charge is 0.320 e. The molecule has 3 aliphatic heterocycles. The summed E-state index contributed by atoms with van der Waals surface area (Å²) >= 11 is 0. The van der Waals surface area contributed by atoms with E-state index in [0.717, 1.165) is 4.90 Å². The lowest BCUT2D eigenvalue weighted by Gasteiger charge is -2.34. The Morgan fingerprint density at radius 1 is 1.03 bits per heavy atom. The van der Waals surface area contributed by atoms with E-state index < -0.39 is 35.3 Å². The molecule has 1 unspecified atom stereocenters. The quantitative estimate of drug-likeness (QED) is 0.408. The van der Waals surface area contributed by atoms with Crippen LogP contribution in [0.1, 0.15) is 54.3 Å². The van der Waals surface area contributed by atoms with Crippen LogP contribution in [0, 0.1) is 0 Å². The van der Waals surface area contributed by atoms with Gasteiger partial charge < -0.3 is 14.4 Å². The van der Waals surface area contributed by atoms with E-state index in [1.807, 2.05) is 4.90 Å². The molecule has 0 aliphatic carbocycles. The number of benzene rings is 1. The summed E-state index contributed by atoms with van der Waals surface area (Å²) < 4.78 is 11.0. The highest BCUT2D eigenvalue weighted by Crippen LogP contribution is 2.33. The maximum Gasteiger partial charge on any atom is 0.320 e. The first-order valence-electron chi connectivity index (χ1n) is 12.1. The van der Waals surface area contributed by atoms with Crippen LogP contribution < -0.4 is 10.1 Å². The third-order valence-corrected chi connectivity index (χ3v) is 6.28. The molecule has 0 bridgehead atoms. The highest BCUT2D eigenvalue weighted by atomic mass is 16.6. The zero-order valence-corrected chi connectivity index (χ0v) is 21.1. The molecule has 4 rings (SSSR count). The molecule has 2 fully saturated rings. The summed E-state index contributed by atoms with van der Waals surface area (Å²) in [6.07, 6.45) is 0.0669. The zero-order chi connectivity index (χ0) is 26.9. The molecule has 1 N–H and O–H groups in total. The van der Waals surface area contributed by atoms with Gasteiger partial charge in [0.25, 0.3) is 17.7 Å². The highest BCUT2D eigenvalue weighted by Gasteiger charge is 2.46. The predicted molar refractivity (Wildman–Crippen MR) is 127 cm³/mol. The van der Waals surface area contributed by atoms with Gasteiger partial charge >= 0.3 is 5.97 Å². The fraction of sp³-hybridized carbons (Fsp3) is 0.520. The highest BCUT2D eigenvalue weighted by molar-refractivity contribution is 6.24. The maximum atomic E-state index is 13.1. The lowest BCUT2D eigenvalue weighted by atomic mass is 10.0. The number of nitrogens with one attached hydrogen (secondary N) is 1. The number of piperazine rings is 1. The molecule has 1 aromatic carbocycles. The number of nitrogens with zero attached hydrogens (tertiary/aromatic N) is 3. The minimum atomic E-state index is -1.09. The molecule has 5 amide bonds. The summed E-state index contributed by atoms with van der Waals surface area (Å²) in [6, 6.07) is 3.40. The second-order valence-corrected chi connectivity index (χ2v) is 10.2. The predicted octanol–water partition coefficient (Wildman–Crippen LogP) is -0.0475. The minimum absolute atomic E-state index is 0.00724. The van der Waals surface area contributed by atoms with Gasteiger partial charge in [-0.2, -0.15) is 0 Å². The molecule has 12 heteroatoms. The number of amides is 5. The van der Waals surface area contributed by atoms with E-state index in [9.17, 15) is 28.8 Å². The summed E-state index contributed by atoms with van der Waals surface area (Å²) in [7, 11) is 0. The van der Waals surface area contributed by atoms with E-state index in [0.29, 0.717) is 26.2 Å². The number of hydrogen-bond acceptors (Lipinski definition) is 9. The molecule has 0 spiro atoms. The van der Waals surface area contributed by atoms with E-state index in [-0.39, 0.29) is 54.7 Å². The van der Waals surface area contributed by atoms with Crippen LogP contribution in [0.15, 0.2) is 18.2 Å². The number of piperidine rings is 1. The number of carbonyl (C=O) groups excluding carboxylic acids is 6. The van der Waals surface area contributed by atoms with Crippen molar-refractivity contribution < 1.29 is 38.2 Å². The van der Waals surface area contributed by atoms with Gasteiger partial charge in [0.05, 0.1) is 17.7 Å². The molecular weight excluding hydrogens is 484 g/mol. The number of rotatable bonds is 6. The van der Waals surface area contributed by atoms with Gasteiger partial charge in [0.15, 0.2) is 6.61 Å². The van der Waals surface area contributed by atoms with Crippen LogP contribution >= 0.6 is 0 Å². The molecule has 1 aromatic rings. The summed E-state index contributed by atoms with van der Waals surface area (Å²) in [6.45, 7) is 7.02. The fourth-order valence-corrected chi connectivity index (χ4v) is 4.55. The Bertz CT molecular complexity index is 1150. The third-order valence-electron chi connectivity index (χ3n) is 6.28. The van der Waals surface area contributed by atoms with Crippen LogP contribution in [-0.4, -0.2) is 101 Å². The molecule has 2 saturated heterocycles. The Labute approximate surface area is 213 Å². The monoisotopic (exact) mass is 514 g/mol. The Morgan fingerprint density at radius 3 is 2.38 bits per heavy atom. The Kier molecular flexibility index (Phi) is 7.30. The summed E-state index contributed by atoms with van der Waals surface area (Å²) in [4.78, 5) is 79.0. The van der Waals surface area contributed by atoms with Crippen molar-refractivity contribution in [2.75, 3.05) is 39.3 Å². The molecule has 12 nitrogen and oxygen atoms in total. The Hall–Kier alpha value is -3.80. The number of esters is 1. The van der Waals surface area contributed by atoms with Crippen molar-refractivity contribution in [2.45, 2.75) is 45.3 Å². The summed E-state index contributed by atoms with van der Waals surface area (Å²) in [5.74, 6) is -3.05. The molecule has 0 aromatic heterocycles. The van der Waals surface area contributed by atoms with E-state index in [1.54, 1.807) is 25.7 Å². The van der Waals surface area contributed by atoms with Crippen LogP contribution in [0.2, 0.25) is 0 Å². The third kappa shape index (κ3) is 5.79. The largest absolute Gasteiger partial charge is 0.483 e. The first kappa shape index (κ1) is 26.3. The van der Waals surface area contributed by atoms with Gasteiger partial charge in [0.1, 0.15) is 17.4 Å². The first-order chi connectivity index (χ1) is 17.4. The van der Waals surface area contributed by atoms with Gasteiger partial charge in [-0.25, -0.2) is 0 Å².